The number of benzene rings is 4. The first kappa shape index (κ1) is 30.1. The Kier molecular flexibility index (Phi) is 8.13. The second-order valence-electron chi connectivity index (χ2n) is 10.8. The van der Waals surface area contributed by atoms with Gasteiger partial charge in [0.1, 0.15) is 31.3 Å². The Morgan fingerprint density at radius 1 is 0.936 bits per heavy atom. The number of aliphatic hydroxyl groups is 1. The Morgan fingerprint density at radius 3 is 2.53 bits per heavy atom. The fraction of sp³-hybridized carbons (Fsp3) is 0.194. The molecule has 7 rings (SSSR count). The molecule has 0 spiro atoms. The Morgan fingerprint density at radius 2 is 1.74 bits per heavy atom. The van der Waals surface area contributed by atoms with Crippen molar-refractivity contribution in [3.63, 3.8) is 0 Å². The molecule has 0 radical (unpaired) electrons. The van der Waals surface area contributed by atoms with Gasteiger partial charge in [0.15, 0.2) is 28.1 Å². The van der Waals surface area contributed by atoms with Crippen LogP contribution in [-0.2, 0) is 16.2 Å². The topological polar surface area (TPSA) is 117 Å². The summed E-state index contributed by atoms with van der Waals surface area (Å²) in [6.45, 7) is 3.28. The molecule has 238 valence electrons. The number of nitrogens with zero attached hydrogens (tertiary/aromatic N) is 2. The van der Waals surface area contributed by atoms with E-state index in [1.54, 1.807) is 55.6 Å². The van der Waals surface area contributed by atoms with E-state index in [0.717, 1.165) is 10.3 Å². The molecule has 1 N–H and O–H groups in total. The van der Waals surface area contributed by atoms with Gasteiger partial charge in [-0.15, -0.1) is 0 Å². The molecule has 1 saturated heterocycles. The maximum absolute atomic E-state index is 13.9. The monoisotopic (exact) mass is 650 g/mol. The lowest BCUT2D eigenvalue weighted by atomic mass is 9.95. The van der Waals surface area contributed by atoms with Crippen molar-refractivity contribution in [3.05, 3.63) is 107 Å². The van der Waals surface area contributed by atoms with Crippen molar-refractivity contribution in [2.45, 2.75) is 19.6 Å². The molecule has 2 aliphatic rings. The number of aromatic nitrogens is 1. The number of ketones is 1. The number of fused-ring (bicyclic) bond motifs is 2. The second-order valence-corrected chi connectivity index (χ2v) is 11.8. The van der Waals surface area contributed by atoms with Crippen LogP contribution in [0, 0.1) is 0 Å². The van der Waals surface area contributed by atoms with E-state index in [4.69, 9.17) is 28.7 Å². The normalized spacial score (nSPS) is 16.8. The average Bonchev–Trinajstić information content (AvgIpc) is 3.64. The molecule has 10 nitrogen and oxygen atoms in total. The van der Waals surface area contributed by atoms with Crippen LogP contribution in [0.1, 0.15) is 29.7 Å². The summed E-state index contributed by atoms with van der Waals surface area (Å²) in [5.41, 5.74) is 2.36. The van der Waals surface area contributed by atoms with E-state index in [9.17, 15) is 14.7 Å². The molecule has 11 heteroatoms. The Bertz CT molecular complexity index is 2020. The highest BCUT2D eigenvalue weighted by atomic mass is 32.1. The molecule has 5 aromatic rings. The lowest BCUT2D eigenvalue weighted by molar-refractivity contribution is -0.132. The Labute approximate surface area is 274 Å². The predicted molar refractivity (Wildman–Crippen MR) is 177 cm³/mol. The molecule has 4 aromatic carbocycles. The molecular formula is C36H30N2O8S. The molecule has 0 aliphatic carbocycles. The van der Waals surface area contributed by atoms with Crippen LogP contribution >= 0.6 is 11.3 Å². The van der Waals surface area contributed by atoms with Crippen molar-refractivity contribution >= 4 is 44.1 Å². The van der Waals surface area contributed by atoms with Crippen LogP contribution in [-0.4, -0.2) is 48.7 Å². The van der Waals surface area contributed by atoms with Gasteiger partial charge in [0.05, 0.1) is 35.5 Å². The molecule has 1 amide bonds. The third-order valence-electron chi connectivity index (χ3n) is 7.87. The van der Waals surface area contributed by atoms with Gasteiger partial charge in [0.25, 0.3) is 5.78 Å². The fourth-order valence-electron chi connectivity index (χ4n) is 5.63. The summed E-state index contributed by atoms with van der Waals surface area (Å²) in [4.78, 5) is 33.8. The number of methoxy groups -OCH3 is 1. The van der Waals surface area contributed by atoms with Crippen LogP contribution in [0.3, 0.4) is 0 Å². The van der Waals surface area contributed by atoms with Crippen molar-refractivity contribution < 1.29 is 38.4 Å². The van der Waals surface area contributed by atoms with Gasteiger partial charge in [0, 0.05) is 5.56 Å². The van der Waals surface area contributed by atoms with Crippen molar-refractivity contribution in [2.75, 3.05) is 31.8 Å². The summed E-state index contributed by atoms with van der Waals surface area (Å²) in [6, 6.07) is 24.3. The molecule has 1 fully saturated rings. The highest BCUT2D eigenvalue weighted by Gasteiger charge is 2.48. The number of Topliss-reactive ketones (excluding diaryl/α,β-unsaturated/α-hetero) is 1. The van der Waals surface area contributed by atoms with Crippen molar-refractivity contribution in [1.29, 1.82) is 0 Å². The van der Waals surface area contributed by atoms with Crippen LogP contribution in [0.25, 0.3) is 16.0 Å². The summed E-state index contributed by atoms with van der Waals surface area (Å²) in [7, 11) is 1.57. The van der Waals surface area contributed by atoms with Gasteiger partial charge >= 0.3 is 5.91 Å². The molecular weight excluding hydrogens is 620 g/mol. The first-order chi connectivity index (χ1) is 22.9. The maximum atomic E-state index is 13.9. The summed E-state index contributed by atoms with van der Waals surface area (Å²) in [5, 5.41) is 12.0. The molecule has 0 unspecified atom stereocenters. The lowest BCUT2D eigenvalue weighted by Gasteiger charge is -2.24. The van der Waals surface area contributed by atoms with Crippen LogP contribution < -0.4 is 28.6 Å². The summed E-state index contributed by atoms with van der Waals surface area (Å²) < 4.78 is 29.6. The van der Waals surface area contributed by atoms with Crippen LogP contribution in [0.2, 0.25) is 0 Å². The van der Waals surface area contributed by atoms with E-state index in [1.165, 1.54) is 16.2 Å². The SMILES string of the molecule is CCOc1cc([C@H]2/C(=C(\O)c3ccc4c(c3)OCCO4)C(=O)C(=O)N2c2nc3ccc(OC)cc3s2)ccc1OCc1ccccc1. The number of amides is 1. The zero-order chi connectivity index (χ0) is 32.5. The van der Waals surface area contributed by atoms with Crippen molar-refractivity contribution in [2.24, 2.45) is 0 Å². The number of rotatable bonds is 9. The lowest BCUT2D eigenvalue weighted by Crippen LogP contribution is -2.29. The van der Waals surface area contributed by atoms with Gasteiger partial charge < -0.3 is 28.8 Å². The minimum atomic E-state index is -1.03. The molecule has 1 atom stereocenters. The molecule has 1 aromatic heterocycles. The van der Waals surface area contributed by atoms with Gasteiger partial charge in [-0.2, -0.15) is 0 Å². The number of hydrogen-bond donors (Lipinski definition) is 1. The first-order valence-corrected chi connectivity index (χ1v) is 15.9. The largest absolute Gasteiger partial charge is 0.507 e. The minimum Gasteiger partial charge on any atom is -0.507 e. The number of carbonyl (C=O) groups excluding carboxylic acids is 2. The highest BCUT2D eigenvalue weighted by molar-refractivity contribution is 7.22. The van der Waals surface area contributed by atoms with Crippen LogP contribution in [0.5, 0.6) is 28.7 Å². The number of hydrogen-bond acceptors (Lipinski definition) is 10. The number of ether oxygens (including phenoxy) is 5. The van der Waals surface area contributed by atoms with E-state index < -0.39 is 17.7 Å². The van der Waals surface area contributed by atoms with Gasteiger partial charge in [-0.05, 0) is 66.6 Å². The van der Waals surface area contributed by atoms with E-state index in [-0.39, 0.29) is 11.3 Å². The van der Waals surface area contributed by atoms with Crippen molar-refractivity contribution in [1.82, 2.24) is 4.98 Å². The summed E-state index contributed by atoms with van der Waals surface area (Å²) in [6.07, 6.45) is 0. The number of thiazole rings is 1. The molecule has 3 heterocycles. The van der Waals surface area contributed by atoms with Crippen LogP contribution in [0.15, 0.2) is 90.5 Å². The van der Waals surface area contributed by atoms with Gasteiger partial charge in [-0.25, -0.2) is 4.98 Å². The maximum Gasteiger partial charge on any atom is 0.301 e. The fourth-order valence-corrected chi connectivity index (χ4v) is 6.65. The zero-order valence-electron chi connectivity index (χ0n) is 25.6. The molecule has 47 heavy (non-hydrogen) atoms. The number of anilines is 1. The van der Waals surface area contributed by atoms with Gasteiger partial charge in [-0.1, -0.05) is 47.7 Å². The highest BCUT2D eigenvalue weighted by Crippen LogP contribution is 2.47. The van der Waals surface area contributed by atoms with E-state index in [2.05, 4.69) is 0 Å². The smallest absolute Gasteiger partial charge is 0.301 e. The van der Waals surface area contributed by atoms with Crippen molar-refractivity contribution in [3.8, 4) is 28.7 Å². The van der Waals surface area contributed by atoms with Gasteiger partial charge in [-0.3, -0.25) is 14.5 Å². The quantitative estimate of drug-likeness (QED) is 0.106. The second kappa shape index (κ2) is 12.7. The molecule has 0 saturated carbocycles. The minimum absolute atomic E-state index is 0.0936. The number of carbonyl (C=O) groups is 2. The van der Waals surface area contributed by atoms with E-state index >= 15 is 0 Å². The van der Waals surface area contributed by atoms with Gasteiger partial charge in [0.2, 0.25) is 0 Å². The average molecular weight is 651 g/mol. The molecule has 0 bridgehead atoms. The van der Waals surface area contributed by atoms with Crippen LogP contribution in [0.4, 0.5) is 5.13 Å². The third kappa shape index (κ3) is 5.70. The third-order valence-corrected chi connectivity index (χ3v) is 8.89. The Balaban J connectivity index is 1.36. The standard InChI is InChI=1S/C36H30N2O8S/c1-3-43-28-17-22(9-13-27(28)46-20-21-7-5-4-6-8-21)32-31(33(39)23-10-14-26-29(18-23)45-16-15-44-26)34(40)35(41)38(32)36-37-25-12-11-24(42-2)19-30(25)47-36/h4-14,17-19,32,39H,3,15-16,20H2,1-2H3/b33-31+/t32-/m0/s1. The summed E-state index contributed by atoms with van der Waals surface area (Å²) >= 11 is 1.24. The van der Waals surface area contributed by atoms with E-state index in [0.29, 0.717) is 77.0 Å². The first-order valence-electron chi connectivity index (χ1n) is 15.0. The number of aliphatic hydroxyl groups excluding tert-OH is 1. The summed E-state index contributed by atoms with van der Waals surface area (Å²) in [5.74, 6) is 0.515. The zero-order valence-corrected chi connectivity index (χ0v) is 26.4. The Hall–Kier alpha value is -5.55. The predicted octanol–water partition coefficient (Wildman–Crippen LogP) is 6.68. The molecule has 2 aliphatic heterocycles. The van der Waals surface area contributed by atoms with E-state index in [1.807, 2.05) is 43.3 Å².